The van der Waals surface area contributed by atoms with Crippen molar-refractivity contribution in [2.75, 3.05) is 39.4 Å². The molecular formula is C22H32ClIN6O2. The molecule has 2 fully saturated rings. The fourth-order valence-corrected chi connectivity index (χ4v) is 4.27. The van der Waals surface area contributed by atoms with E-state index in [0.717, 1.165) is 63.8 Å². The van der Waals surface area contributed by atoms with Gasteiger partial charge in [0.25, 0.3) is 0 Å². The maximum atomic E-state index is 6.05. The van der Waals surface area contributed by atoms with Crippen molar-refractivity contribution >= 4 is 41.5 Å². The first kappa shape index (κ1) is 25.2. The number of rotatable bonds is 7. The summed E-state index contributed by atoms with van der Waals surface area (Å²) < 4.78 is 10.9. The van der Waals surface area contributed by atoms with Crippen molar-refractivity contribution in [3.8, 4) is 11.4 Å². The molecule has 3 heterocycles. The van der Waals surface area contributed by atoms with Crippen molar-refractivity contribution < 1.29 is 9.26 Å². The van der Waals surface area contributed by atoms with Crippen LogP contribution in [0.15, 0.2) is 33.8 Å². The van der Waals surface area contributed by atoms with Gasteiger partial charge in [-0.3, -0.25) is 0 Å². The summed E-state index contributed by atoms with van der Waals surface area (Å²) in [5, 5.41) is 11.6. The molecule has 4 rings (SSSR count). The standard InChI is InChI=1S/C22H31ClN6O2.HI/c1-2-24-22(26-19-6-9-29(10-7-19)14-16-8-11-30-15-16)25-13-20-27-21(28-31-20)17-4-3-5-18(23)12-17;/h3-5,12,16,19H,2,6-11,13-15H2,1H3,(H2,24,25,26);1H. The van der Waals surface area contributed by atoms with Gasteiger partial charge < -0.3 is 24.8 Å². The van der Waals surface area contributed by atoms with Crippen LogP contribution in [0.4, 0.5) is 0 Å². The lowest BCUT2D eigenvalue weighted by Gasteiger charge is -2.34. The predicted molar refractivity (Wildman–Crippen MR) is 136 cm³/mol. The van der Waals surface area contributed by atoms with Gasteiger partial charge >= 0.3 is 0 Å². The second kappa shape index (κ2) is 12.7. The molecule has 0 amide bonds. The minimum atomic E-state index is 0. The number of hydrogen-bond donors (Lipinski definition) is 2. The molecule has 0 spiro atoms. The molecule has 2 saturated heterocycles. The first-order valence-electron chi connectivity index (χ1n) is 11.1. The van der Waals surface area contributed by atoms with E-state index < -0.39 is 0 Å². The fourth-order valence-electron chi connectivity index (χ4n) is 4.08. The Hall–Kier alpha value is -1.43. The summed E-state index contributed by atoms with van der Waals surface area (Å²) >= 11 is 6.05. The largest absolute Gasteiger partial charge is 0.381 e. The number of ether oxygens (including phenoxy) is 1. The van der Waals surface area contributed by atoms with Crippen molar-refractivity contribution in [2.45, 2.75) is 38.8 Å². The molecule has 2 N–H and O–H groups in total. The molecule has 2 aliphatic rings. The summed E-state index contributed by atoms with van der Waals surface area (Å²) in [5.74, 6) is 2.48. The maximum Gasteiger partial charge on any atom is 0.248 e. The molecule has 8 nitrogen and oxygen atoms in total. The van der Waals surface area contributed by atoms with Gasteiger partial charge in [-0.15, -0.1) is 24.0 Å². The number of aliphatic imine (C=N–C) groups is 1. The fraction of sp³-hybridized carbons (Fsp3) is 0.591. The summed E-state index contributed by atoms with van der Waals surface area (Å²) in [5.41, 5.74) is 0.826. The zero-order valence-electron chi connectivity index (χ0n) is 18.4. The second-order valence-corrected chi connectivity index (χ2v) is 8.60. The summed E-state index contributed by atoms with van der Waals surface area (Å²) in [6.07, 6.45) is 3.42. The van der Waals surface area contributed by atoms with Crippen LogP contribution in [0.2, 0.25) is 5.02 Å². The SMILES string of the molecule is CCNC(=NCc1nc(-c2cccc(Cl)c2)no1)NC1CCN(CC2CCOC2)CC1.I. The van der Waals surface area contributed by atoms with Crippen molar-refractivity contribution in [1.82, 2.24) is 25.7 Å². The van der Waals surface area contributed by atoms with Crippen molar-refractivity contribution in [1.29, 1.82) is 0 Å². The molecule has 2 aromatic rings. The third-order valence-corrected chi connectivity index (χ3v) is 5.97. The molecule has 176 valence electrons. The van der Waals surface area contributed by atoms with Crippen molar-refractivity contribution in [2.24, 2.45) is 10.9 Å². The van der Waals surface area contributed by atoms with E-state index in [0.29, 0.717) is 35.2 Å². The van der Waals surface area contributed by atoms with Gasteiger partial charge in [-0.1, -0.05) is 28.9 Å². The summed E-state index contributed by atoms with van der Waals surface area (Å²) in [4.78, 5) is 11.7. The Morgan fingerprint density at radius 3 is 2.84 bits per heavy atom. The normalized spacial score (nSPS) is 20.2. The van der Waals surface area contributed by atoms with Gasteiger partial charge in [-0.2, -0.15) is 4.98 Å². The van der Waals surface area contributed by atoms with Crippen LogP contribution in [0.25, 0.3) is 11.4 Å². The Labute approximate surface area is 211 Å². The number of aromatic nitrogens is 2. The molecule has 32 heavy (non-hydrogen) atoms. The number of hydrogen-bond acceptors (Lipinski definition) is 6. The van der Waals surface area contributed by atoms with E-state index in [-0.39, 0.29) is 24.0 Å². The Balaban J connectivity index is 0.00000289. The molecule has 0 aliphatic carbocycles. The topological polar surface area (TPSA) is 87.8 Å². The van der Waals surface area contributed by atoms with E-state index in [1.165, 1.54) is 6.42 Å². The van der Waals surface area contributed by atoms with Crippen LogP contribution in [0, 0.1) is 5.92 Å². The van der Waals surface area contributed by atoms with E-state index in [9.17, 15) is 0 Å². The van der Waals surface area contributed by atoms with Crippen LogP contribution in [0.1, 0.15) is 32.1 Å². The summed E-state index contributed by atoms with van der Waals surface area (Å²) in [6, 6.07) is 7.82. The quantitative estimate of drug-likeness (QED) is 0.297. The second-order valence-electron chi connectivity index (χ2n) is 8.17. The Morgan fingerprint density at radius 2 is 2.12 bits per heavy atom. The number of guanidine groups is 1. The van der Waals surface area contributed by atoms with Crippen molar-refractivity contribution in [3.63, 3.8) is 0 Å². The number of halogens is 2. The number of benzene rings is 1. The summed E-state index contributed by atoms with van der Waals surface area (Å²) in [7, 11) is 0. The van der Waals surface area contributed by atoms with Gasteiger partial charge in [-0.25, -0.2) is 4.99 Å². The Kier molecular flexibility index (Phi) is 10.0. The van der Waals surface area contributed by atoms with Crippen molar-refractivity contribution in [3.05, 3.63) is 35.2 Å². The molecule has 1 aromatic heterocycles. The molecular weight excluding hydrogens is 543 g/mol. The first-order chi connectivity index (χ1) is 15.2. The number of likely N-dealkylation sites (tertiary alicyclic amines) is 1. The van der Waals surface area contributed by atoms with Crippen LogP contribution in [0.5, 0.6) is 0 Å². The van der Waals surface area contributed by atoms with E-state index >= 15 is 0 Å². The highest BCUT2D eigenvalue weighted by atomic mass is 127. The van der Waals surface area contributed by atoms with Gasteiger partial charge in [0.1, 0.15) is 6.54 Å². The minimum absolute atomic E-state index is 0. The van der Waals surface area contributed by atoms with Crippen LogP contribution >= 0.6 is 35.6 Å². The van der Waals surface area contributed by atoms with E-state index in [1.54, 1.807) is 0 Å². The highest BCUT2D eigenvalue weighted by Gasteiger charge is 2.24. The van der Waals surface area contributed by atoms with Gasteiger partial charge in [0.05, 0.1) is 6.61 Å². The Bertz CT molecular complexity index is 866. The molecule has 2 aliphatic heterocycles. The third-order valence-electron chi connectivity index (χ3n) is 5.74. The molecule has 0 saturated carbocycles. The minimum Gasteiger partial charge on any atom is -0.381 e. The Morgan fingerprint density at radius 1 is 1.28 bits per heavy atom. The molecule has 1 atom stereocenters. The highest BCUT2D eigenvalue weighted by molar-refractivity contribution is 14.0. The molecule has 1 unspecified atom stereocenters. The van der Waals surface area contributed by atoms with Crippen LogP contribution < -0.4 is 10.6 Å². The van der Waals surface area contributed by atoms with Gasteiger partial charge in [0, 0.05) is 49.4 Å². The predicted octanol–water partition coefficient (Wildman–Crippen LogP) is 3.56. The van der Waals surface area contributed by atoms with Gasteiger partial charge in [-0.05, 0) is 44.2 Å². The number of nitrogens with zero attached hydrogens (tertiary/aromatic N) is 4. The maximum absolute atomic E-state index is 6.05. The zero-order chi connectivity index (χ0) is 21.5. The number of piperidine rings is 1. The van der Waals surface area contributed by atoms with E-state index in [4.69, 9.17) is 20.9 Å². The third kappa shape index (κ3) is 7.29. The zero-order valence-corrected chi connectivity index (χ0v) is 21.5. The van der Waals surface area contributed by atoms with Crippen LogP contribution in [-0.4, -0.2) is 66.4 Å². The molecule has 10 heteroatoms. The lowest BCUT2D eigenvalue weighted by molar-refractivity contribution is 0.150. The van der Waals surface area contributed by atoms with Crippen LogP contribution in [-0.2, 0) is 11.3 Å². The summed E-state index contributed by atoms with van der Waals surface area (Å²) in [6.45, 7) is 8.41. The van der Waals surface area contributed by atoms with Crippen LogP contribution in [0.3, 0.4) is 0 Å². The molecule has 0 radical (unpaired) electrons. The van der Waals surface area contributed by atoms with E-state index in [2.05, 4.69) is 37.6 Å². The lowest BCUT2D eigenvalue weighted by atomic mass is 10.0. The average Bonchev–Trinajstić information content (AvgIpc) is 3.46. The molecule has 1 aromatic carbocycles. The van der Waals surface area contributed by atoms with E-state index in [1.807, 2.05) is 24.3 Å². The number of nitrogens with one attached hydrogen (secondary N) is 2. The monoisotopic (exact) mass is 574 g/mol. The van der Waals surface area contributed by atoms with Gasteiger partial charge in [0.15, 0.2) is 5.96 Å². The van der Waals surface area contributed by atoms with Gasteiger partial charge in [0.2, 0.25) is 11.7 Å². The first-order valence-corrected chi connectivity index (χ1v) is 11.5. The lowest BCUT2D eigenvalue weighted by Crippen LogP contribution is -2.49. The average molecular weight is 575 g/mol. The molecule has 0 bridgehead atoms. The smallest absolute Gasteiger partial charge is 0.248 e. The highest BCUT2D eigenvalue weighted by Crippen LogP contribution is 2.20.